The molecular formula is C17H14N6O3. The van der Waals surface area contributed by atoms with Crippen molar-refractivity contribution in [2.45, 2.75) is 6.61 Å². The summed E-state index contributed by atoms with van der Waals surface area (Å²) in [6.45, 7) is 0.160. The third kappa shape index (κ3) is 2.86. The van der Waals surface area contributed by atoms with Gasteiger partial charge in [-0.3, -0.25) is 14.9 Å². The van der Waals surface area contributed by atoms with Crippen LogP contribution in [0.15, 0.2) is 43.0 Å². The first-order chi connectivity index (χ1) is 12.8. The van der Waals surface area contributed by atoms with E-state index in [9.17, 15) is 4.79 Å². The monoisotopic (exact) mass is 350 g/mol. The van der Waals surface area contributed by atoms with E-state index in [1.807, 2.05) is 12.1 Å². The van der Waals surface area contributed by atoms with Crippen LogP contribution in [-0.2, 0) is 6.61 Å². The van der Waals surface area contributed by atoms with E-state index in [1.165, 1.54) is 19.4 Å². The van der Waals surface area contributed by atoms with Gasteiger partial charge in [0.05, 0.1) is 30.1 Å². The Kier molecular flexibility index (Phi) is 4.02. The number of hydrogen-bond acceptors (Lipinski definition) is 7. The first kappa shape index (κ1) is 15.8. The fourth-order valence-electron chi connectivity index (χ4n) is 2.53. The fraction of sp³-hybridized carbons (Fsp3) is 0.118. The lowest BCUT2D eigenvalue weighted by Gasteiger charge is -2.09. The minimum Gasteiger partial charge on any atom is -0.485 e. The Balaban J connectivity index is 1.63. The summed E-state index contributed by atoms with van der Waals surface area (Å²) in [5, 5.41) is 11.3. The Morgan fingerprint density at radius 1 is 1.27 bits per heavy atom. The molecule has 4 aromatic rings. The van der Waals surface area contributed by atoms with Crippen LogP contribution in [0.1, 0.15) is 16.1 Å². The molecule has 130 valence electrons. The van der Waals surface area contributed by atoms with Crippen molar-refractivity contribution in [2.24, 2.45) is 0 Å². The van der Waals surface area contributed by atoms with Crippen molar-refractivity contribution in [1.29, 1.82) is 0 Å². The molecule has 0 aliphatic rings. The molecule has 4 heterocycles. The summed E-state index contributed by atoms with van der Waals surface area (Å²) in [6.07, 6.45) is 7.21. The number of nitrogens with zero attached hydrogens (tertiary/aromatic N) is 5. The maximum Gasteiger partial charge on any atom is 0.213 e. The second-order valence-corrected chi connectivity index (χ2v) is 5.37. The van der Waals surface area contributed by atoms with Crippen LogP contribution in [0.4, 0.5) is 0 Å². The van der Waals surface area contributed by atoms with Crippen LogP contribution < -0.4 is 9.47 Å². The number of rotatable bonds is 6. The van der Waals surface area contributed by atoms with Crippen molar-refractivity contribution in [1.82, 2.24) is 29.8 Å². The number of carbonyl (C=O) groups excluding carboxylic acids is 1. The zero-order valence-corrected chi connectivity index (χ0v) is 13.8. The van der Waals surface area contributed by atoms with Crippen LogP contribution >= 0.6 is 0 Å². The standard InChI is InChI=1S/C17H14N6O3/c1-25-17-6-11(9-24)16(8-19-17)26-10-14-15-7-13(12-2-3-20-21-12)22-23(15)5-4-18-14/h2-9H,10H2,1H3,(H,20,21). The van der Waals surface area contributed by atoms with Gasteiger partial charge < -0.3 is 9.47 Å². The van der Waals surface area contributed by atoms with E-state index in [0.29, 0.717) is 29.2 Å². The van der Waals surface area contributed by atoms with Crippen molar-refractivity contribution in [3.8, 4) is 23.0 Å². The zero-order valence-electron chi connectivity index (χ0n) is 13.8. The first-order valence-electron chi connectivity index (χ1n) is 7.73. The Morgan fingerprint density at radius 3 is 2.96 bits per heavy atom. The van der Waals surface area contributed by atoms with Gasteiger partial charge in [-0.25, -0.2) is 9.50 Å². The lowest BCUT2D eigenvalue weighted by molar-refractivity contribution is 0.111. The van der Waals surface area contributed by atoms with Crippen molar-refractivity contribution < 1.29 is 14.3 Å². The molecule has 0 saturated carbocycles. The lowest BCUT2D eigenvalue weighted by Crippen LogP contribution is -2.03. The average Bonchev–Trinajstić information content (AvgIpc) is 3.35. The number of H-pyrrole nitrogens is 1. The predicted molar refractivity (Wildman–Crippen MR) is 91.1 cm³/mol. The molecule has 0 aliphatic heterocycles. The maximum atomic E-state index is 11.3. The van der Waals surface area contributed by atoms with Gasteiger partial charge in [-0.05, 0) is 12.1 Å². The van der Waals surface area contributed by atoms with Crippen LogP contribution in [0.3, 0.4) is 0 Å². The molecule has 1 N–H and O–H groups in total. The van der Waals surface area contributed by atoms with Crippen LogP contribution in [0.5, 0.6) is 11.6 Å². The maximum absolute atomic E-state index is 11.3. The molecular weight excluding hydrogens is 336 g/mol. The van der Waals surface area contributed by atoms with Gasteiger partial charge in [0.2, 0.25) is 5.88 Å². The van der Waals surface area contributed by atoms with Gasteiger partial charge in [-0.15, -0.1) is 0 Å². The molecule has 0 radical (unpaired) electrons. The molecule has 0 fully saturated rings. The number of methoxy groups -OCH3 is 1. The van der Waals surface area contributed by atoms with Gasteiger partial charge in [0.25, 0.3) is 0 Å². The van der Waals surface area contributed by atoms with Gasteiger partial charge >= 0.3 is 0 Å². The van der Waals surface area contributed by atoms with E-state index < -0.39 is 0 Å². The average molecular weight is 350 g/mol. The number of aldehydes is 1. The van der Waals surface area contributed by atoms with Gasteiger partial charge in [0, 0.05) is 24.7 Å². The smallest absolute Gasteiger partial charge is 0.213 e. The zero-order chi connectivity index (χ0) is 17.9. The number of aromatic amines is 1. The molecule has 0 saturated heterocycles. The van der Waals surface area contributed by atoms with Crippen molar-refractivity contribution in [2.75, 3.05) is 7.11 Å². The lowest BCUT2D eigenvalue weighted by atomic mass is 10.2. The quantitative estimate of drug-likeness (QED) is 0.529. The highest BCUT2D eigenvalue weighted by molar-refractivity contribution is 5.79. The number of fused-ring (bicyclic) bond motifs is 1. The third-order valence-corrected chi connectivity index (χ3v) is 3.82. The van der Waals surface area contributed by atoms with Gasteiger partial charge in [0.1, 0.15) is 23.7 Å². The fourth-order valence-corrected chi connectivity index (χ4v) is 2.53. The second-order valence-electron chi connectivity index (χ2n) is 5.37. The normalized spacial score (nSPS) is 10.8. The van der Waals surface area contributed by atoms with Gasteiger partial charge in [-0.2, -0.15) is 10.2 Å². The summed E-state index contributed by atoms with van der Waals surface area (Å²) in [7, 11) is 1.49. The summed E-state index contributed by atoms with van der Waals surface area (Å²) in [6, 6.07) is 5.25. The molecule has 0 spiro atoms. The van der Waals surface area contributed by atoms with Crippen LogP contribution in [0, 0.1) is 0 Å². The number of pyridine rings is 1. The molecule has 4 rings (SSSR count). The molecule has 0 bridgehead atoms. The molecule has 26 heavy (non-hydrogen) atoms. The summed E-state index contributed by atoms with van der Waals surface area (Å²) >= 11 is 0. The Bertz CT molecular complexity index is 1060. The molecule has 0 aromatic carbocycles. The van der Waals surface area contributed by atoms with Gasteiger partial charge in [-0.1, -0.05) is 0 Å². The highest BCUT2D eigenvalue weighted by Crippen LogP contribution is 2.23. The molecule has 0 unspecified atom stereocenters. The van der Waals surface area contributed by atoms with Crippen LogP contribution in [-0.4, -0.2) is 43.2 Å². The molecule has 0 aliphatic carbocycles. The van der Waals surface area contributed by atoms with Crippen LogP contribution in [0.25, 0.3) is 16.9 Å². The second kappa shape index (κ2) is 6.63. The molecule has 0 atom stereocenters. The summed E-state index contributed by atoms with van der Waals surface area (Å²) in [4.78, 5) is 19.7. The van der Waals surface area contributed by atoms with Crippen LogP contribution in [0.2, 0.25) is 0 Å². The minimum atomic E-state index is 0.160. The number of ether oxygens (including phenoxy) is 2. The van der Waals surface area contributed by atoms with E-state index in [-0.39, 0.29) is 6.61 Å². The largest absolute Gasteiger partial charge is 0.485 e. The minimum absolute atomic E-state index is 0.160. The van der Waals surface area contributed by atoms with E-state index in [2.05, 4.69) is 25.3 Å². The molecule has 9 nitrogen and oxygen atoms in total. The summed E-state index contributed by atoms with van der Waals surface area (Å²) < 4.78 is 12.5. The third-order valence-electron chi connectivity index (χ3n) is 3.82. The molecule has 4 aromatic heterocycles. The van der Waals surface area contributed by atoms with E-state index >= 15 is 0 Å². The Morgan fingerprint density at radius 2 is 2.19 bits per heavy atom. The molecule has 9 heteroatoms. The summed E-state index contributed by atoms with van der Waals surface area (Å²) in [5.41, 5.74) is 3.39. The number of nitrogens with one attached hydrogen (secondary N) is 1. The number of carbonyl (C=O) groups is 1. The number of aromatic nitrogens is 6. The Hall–Kier alpha value is -3.75. The summed E-state index contributed by atoms with van der Waals surface area (Å²) in [5.74, 6) is 0.706. The van der Waals surface area contributed by atoms with Crippen molar-refractivity contribution >= 4 is 11.8 Å². The predicted octanol–water partition coefficient (Wildman–Crippen LogP) is 1.91. The SMILES string of the molecule is COc1cc(C=O)c(OCc2nccn3nc(-c4ccn[nH]4)cc23)cn1. The highest BCUT2D eigenvalue weighted by atomic mass is 16.5. The van der Waals surface area contributed by atoms with E-state index in [0.717, 1.165) is 16.9 Å². The van der Waals surface area contributed by atoms with Gasteiger partial charge in [0.15, 0.2) is 6.29 Å². The number of hydrogen-bond donors (Lipinski definition) is 1. The van der Waals surface area contributed by atoms with E-state index in [4.69, 9.17) is 9.47 Å². The van der Waals surface area contributed by atoms with E-state index in [1.54, 1.807) is 23.1 Å². The Labute approximate surface area is 147 Å². The first-order valence-corrected chi connectivity index (χ1v) is 7.73. The van der Waals surface area contributed by atoms with Crippen molar-refractivity contribution in [3.63, 3.8) is 0 Å². The topological polar surface area (TPSA) is 107 Å². The molecule has 0 amide bonds. The highest BCUT2D eigenvalue weighted by Gasteiger charge is 2.12. The van der Waals surface area contributed by atoms with Crippen molar-refractivity contribution in [3.05, 3.63) is 54.2 Å².